The van der Waals surface area contributed by atoms with Gasteiger partial charge in [-0.15, -0.1) is 10.2 Å². The van der Waals surface area contributed by atoms with E-state index in [-0.39, 0.29) is 11.7 Å². The molecule has 2 aromatic carbocycles. The lowest BCUT2D eigenvalue weighted by molar-refractivity contribution is -0.113. The van der Waals surface area contributed by atoms with Crippen LogP contribution in [0.2, 0.25) is 5.02 Å². The van der Waals surface area contributed by atoms with E-state index in [0.717, 1.165) is 22.6 Å². The van der Waals surface area contributed by atoms with Crippen molar-refractivity contribution in [2.45, 2.75) is 12.1 Å². The molecule has 0 radical (unpaired) electrons. The number of ether oxygens (including phenoxy) is 1. The molecule has 4 aromatic rings. The first kappa shape index (κ1) is 21.9. The molecule has 4 rings (SSSR count). The molecule has 9 heteroatoms. The number of hydrogen-bond donors (Lipinski definition) is 1. The average Bonchev–Trinajstić information content (AvgIpc) is 3.24. The van der Waals surface area contributed by atoms with Crippen molar-refractivity contribution in [3.05, 3.63) is 77.4 Å². The molecule has 1 amide bonds. The first-order chi connectivity index (χ1) is 15.5. The molecule has 0 aliphatic heterocycles. The van der Waals surface area contributed by atoms with Gasteiger partial charge in [0.15, 0.2) is 11.0 Å². The highest BCUT2D eigenvalue weighted by atomic mass is 35.5. The molecule has 0 saturated carbocycles. The van der Waals surface area contributed by atoms with E-state index in [2.05, 4.69) is 20.5 Å². The number of benzene rings is 2. The molecule has 2 aromatic heterocycles. The molecular weight excluding hydrogens is 446 g/mol. The first-order valence-electron chi connectivity index (χ1n) is 9.74. The molecule has 32 heavy (non-hydrogen) atoms. The molecule has 2 heterocycles. The van der Waals surface area contributed by atoms with Crippen molar-refractivity contribution in [2.75, 3.05) is 18.2 Å². The molecular formula is C23H20ClN5O2S. The van der Waals surface area contributed by atoms with Gasteiger partial charge in [-0.2, -0.15) is 0 Å². The van der Waals surface area contributed by atoms with Gasteiger partial charge in [-0.25, -0.2) is 4.98 Å². The summed E-state index contributed by atoms with van der Waals surface area (Å²) in [5.74, 6) is 1.83. The Balaban J connectivity index is 1.59. The number of nitrogens with zero attached hydrogens (tertiary/aromatic N) is 4. The predicted octanol–water partition coefficient (Wildman–Crippen LogP) is 5.03. The van der Waals surface area contributed by atoms with E-state index in [9.17, 15) is 4.79 Å². The summed E-state index contributed by atoms with van der Waals surface area (Å²) in [6, 6.07) is 19.0. The van der Waals surface area contributed by atoms with Crippen LogP contribution in [0, 0.1) is 6.92 Å². The molecule has 162 valence electrons. The molecule has 0 unspecified atom stereocenters. The molecule has 0 aliphatic rings. The molecule has 1 N–H and O–H groups in total. The number of amides is 1. The summed E-state index contributed by atoms with van der Waals surface area (Å²) >= 11 is 7.14. The van der Waals surface area contributed by atoms with Gasteiger partial charge in [-0.1, -0.05) is 41.1 Å². The van der Waals surface area contributed by atoms with Crippen LogP contribution < -0.4 is 10.1 Å². The van der Waals surface area contributed by atoms with Crippen LogP contribution in [0.15, 0.2) is 72.0 Å². The fraction of sp³-hybridized carbons (Fsp3) is 0.130. The number of thioether (sulfide) groups is 1. The summed E-state index contributed by atoms with van der Waals surface area (Å²) in [4.78, 5) is 16.5. The third-order valence-electron chi connectivity index (χ3n) is 4.60. The summed E-state index contributed by atoms with van der Waals surface area (Å²) in [7, 11) is 1.63. The van der Waals surface area contributed by atoms with Gasteiger partial charge < -0.3 is 10.1 Å². The molecule has 0 saturated heterocycles. The third-order valence-corrected chi connectivity index (χ3v) is 5.75. The number of methoxy groups -OCH3 is 1. The Morgan fingerprint density at radius 3 is 2.47 bits per heavy atom. The van der Waals surface area contributed by atoms with Crippen molar-refractivity contribution in [3.8, 4) is 22.8 Å². The maximum atomic E-state index is 12.4. The number of nitrogens with one attached hydrogen (secondary N) is 1. The maximum Gasteiger partial charge on any atom is 0.236 e. The van der Waals surface area contributed by atoms with Gasteiger partial charge in [0.2, 0.25) is 5.91 Å². The van der Waals surface area contributed by atoms with Crippen LogP contribution in [0.25, 0.3) is 17.1 Å². The largest absolute Gasteiger partial charge is 0.497 e. The van der Waals surface area contributed by atoms with Gasteiger partial charge in [-0.3, -0.25) is 9.36 Å². The Bertz CT molecular complexity index is 1210. The van der Waals surface area contributed by atoms with E-state index >= 15 is 0 Å². The van der Waals surface area contributed by atoms with Gasteiger partial charge in [-0.05, 0) is 55.5 Å². The van der Waals surface area contributed by atoms with Crippen molar-refractivity contribution in [3.63, 3.8) is 0 Å². The number of anilines is 1. The van der Waals surface area contributed by atoms with Gasteiger partial charge in [0.25, 0.3) is 0 Å². The number of aromatic nitrogens is 4. The van der Waals surface area contributed by atoms with Crippen molar-refractivity contribution in [1.82, 2.24) is 19.7 Å². The van der Waals surface area contributed by atoms with Crippen LogP contribution in [0.4, 0.5) is 5.82 Å². The zero-order chi connectivity index (χ0) is 22.5. The first-order valence-corrected chi connectivity index (χ1v) is 11.1. The van der Waals surface area contributed by atoms with E-state index in [1.54, 1.807) is 19.2 Å². The van der Waals surface area contributed by atoms with Gasteiger partial charge in [0, 0.05) is 17.4 Å². The minimum atomic E-state index is -0.200. The summed E-state index contributed by atoms with van der Waals surface area (Å²) in [6.45, 7) is 2.03. The molecule has 7 nitrogen and oxygen atoms in total. The average molecular weight is 466 g/mol. The fourth-order valence-corrected chi connectivity index (χ4v) is 3.84. The number of carbonyl (C=O) groups is 1. The van der Waals surface area contributed by atoms with Crippen molar-refractivity contribution >= 4 is 35.1 Å². The smallest absolute Gasteiger partial charge is 0.236 e. The van der Waals surface area contributed by atoms with E-state index in [0.29, 0.717) is 21.8 Å². The van der Waals surface area contributed by atoms with E-state index in [4.69, 9.17) is 16.3 Å². The molecule has 0 spiro atoms. The van der Waals surface area contributed by atoms with Crippen molar-refractivity contribution < 1.29 is 9.53 Å². The van der Waals surface area contributed by atoms with Crippen LogP contribution in [0.1, 0.15) is 5.56 Å². The Morgan fingerprint density at radius 1 is 1.06 bits per heavy atom. The van der Waals surface area contributed by atoms with Gasteiger partial charge in [0.1, 0.15) is 11.6 Å². The summed E-state index contributed by atoms with van der Waals surface area (Å²) in [6.07, 6.45) is 1.49. The van der Waals surface area contributed by atoms with Crippen LogP contribution in [-0.4, -0.2) is 38.5 Å². The van der Waals surface area contributed by atoms with Crippen LogP contribution in [0.5, 0.6) is 5.75 Å². The SMILES string of the molecule is COc1ccc(-c2nnc(SCC(=O)Nc3ccc(Cl)cn3)n2-c2ccc(C)cc2)cc1. The van der Waals surface area contributed by atoms with Crippen LogP contribution in [0.3, 0.4) is 0 Å². The van der Waals surface area contributed by atoms with Gasteiger partial charge >= 0.3 is 0 Å². The molecule has 0 aliphatic carbocycles. The topological polar surface area (TPSA) is 81.9 Å². The van der Waals surface area contributed by atoms with Crippen molar-refractivity contribution in [2.24, 2.45) is 0 Å². The van der Waals surface area contributed by atoms with E-state index < -0.39 is 0 Å². The minimum absolute atomic E-state index is 0.150. The Morgan fingerprint density at radius 2 is 1.81 bits per heavy atom. The second-order valence-corrected chi connectivity index (χ2v) is 8.28. The summed E-state index contributed by atoms with van der Waals surface area (Å²) < 4.78 is 7.20. The van der Waals surface area contributed by atoms with Gasteiger partial charge in [0.05, 0.1) is 17.9 Å². The Kier molecular flexibility index (Phi) is 6.72. The highest BCUT2D eigenvalue weighted by Gasteiger charge is 2.17. The molecule has 0 bridgehead atoms. The Labute approximate surface area is 194 Å². The normalized spacial score (nSPS) is 10.7. The summed E-state index contributed by atoms with van der Waals surface area (Å²) in [5, 5.41) is 12.6. The fourth-order valence-electron chi connectivity index (χ4n) is 2.98. The number of aryl methyl sites for hydroxylation is 1. The quantitative estimate of drug-likeness (QED) is 0.385. The second-order valence-electron chi connectivity index (χ2n) is 6.90. The van der Waals surface area contributed by atoms with E-state index in [1.807, 2.05) is 60.0 Å². The number of hydrogen-bond acceptors (Lipinski definition) is 6. The monoisotopic (exact) mass is 465 g/mol. The lowest BCUT2D eigenvalue weighted by Crippen LogP contribution is -2.15. The number of pyridine rings is 1. The van der Waals surface area contributed by atoms with E-state index in [1.165, 1.54) is 18.0 Å². The zero-order valence-corrected chi connectivity index (χ0v) is 19.0. The lowest BCUT2D eigenvalue weighted by atomic mass is 10.2. The zero-order valence-electron chi connectivity index (χ0n) is 17.4. The number of carbonyl (C=O) groups excluding carboxylic acids is 1. The lowest BCUT2D eigenvalue weighted by Gasteiger charge is -2.11. The maximum absolute atomic E-state index is 12.4. The van der Waals surface area contributed by atoms with Crippen LogP contribution >= 0.6 is 23.4 Å². The third kappa shape index (κ3) is 5.09. The predicted molar refractivity (Wildman–Crippen MR) is 127 cm³/mol. The highest BCUT2D eigenvalue weighted by molar-refractivity contribution is 7.99. The second kappa shape index (κ2) is 9.84. The minimum Gasteiger partial charge on any atom is -0.497 e. The van der Waals surface area contributed by atoms with Crippen LogP contribution in [-0.2, 0) is 4.79 Å². The highest BCUT2D eigenvalue weighted by Crippen LogP contribution is 2.29. The number of halogens is 1. The number of rotatable bonds is 7. The van der Waals surface area contributed by atoms with Crippen molar-refractivity contribution in [1.29, 1.82) is 0 Å². The molecule has 0 atom stereocenters. The molecule has 0 fully saturated rings. The Hall–Kier alpha value is -3.36. The standard InChI is InChI=1S/C23H20ClN5O2S/c1-15-3-8-18(9-4-15)29-22(16-5-10-19(31-2)11-6-16)27-28-23(29)32-14-21(30)26-20-12-7-17(24)13-25-20/h3-13H,14H2,1-2H3,(H,25,26,30). The summed E-state index contributed by atoms with van der Waals surface area (Å²) in [5.41, 5.74) is 2.95.